The molecule has 0 radical (unpaired) electrons. The van der Waals surface area contributed by atoms with E-state index in [0.717, 1.165) is 12.8 Å². The number of aliphatic hydroxyl groups is 1. The van der Waals surface area contributed by atoms with Gasteiger partial charge in [-0.25, -0.2) is 0 Å². The average molecular weight is 173 g/mol. The fourth-order valence-corrected chi connectivity index (χ4v) is 2.04. The zero-order valence-corrected chi connectivity index (χ0v) is 8.42. The SMILES string of the molecule is CC1(C)CCC(C)(C)N1OCO. The highest BCUT2D eigenvalue weighted by Crippen LogP contribution is 2.40. The standard InChI is InChI=1S/C9H19NO2/c1-8(2)5-6-9(3,4)10(8)12-7-11/h11H,5-7H2,1-4H3. The van der Waals surface area contributed by atoms with Gasteiger partial charge in [0, 0.05) is 11.1 Å². The van der Waals surface area contributed by atoms with Gasteiger partial charge in [0.15, 0.2) is 6.79 Å². The van der Waals surface area contributed by atoms with Crippen molar-refractivity contribution in [2.24, 2.45) is 0 Å². The molecule has 3 heteroatoms. The van der Waals surface area contributed by atoms with Gasteiger partial charge in [-0.15, -0.1) is 0 Å². The number of hydrogen-bond donors (Lipinski definition) is 1. The van der Waals surface area contributed by atoms with E-state index in [-0.39, 0.29) is 17.9 Å². The van der Waals surface area contributed by atoms with Crippen LogP contribution in [0.5, 0.6) is 0 Å². The highest BCUT2D eigenvalue weighted by Gasteiger charge is 2.45. The lowest BCUT2D eigenvalue weighted by Crippen LogP contribution is -2.48. The minimum atomic E-state index is -0.229. The number of rotatable bonds is 2. The summed E-state index contributed by atoms with van der Waals surface area (Å²) < 4.78 is 0. The molecule has 1 aliphatic heterocycles. The lowest BCUT2D eigenvalue weighted by molar-refractivity contribution is -0.275. The number of nitrogens with zero attached hydrogens (tertiary/aromatic N) is 1. The monoisotopic (exact) mass is 173 g/mol. The molecule has 0 aliphatic carbocycles. The third-order valence-corrected chi connectivity index (χ3v) is 2.64. The van der Waals surface area contributed by atoms with Crippen molar-refractivity contribution in [2.75, 3.05) is 6.79 Å². The predicted octanol–water partition coefficient (Wildman–Crippen LogP) is 1.52. The van der Waals surface area contributed by atoms with Gasteiger partial charge in [-0.05, 0) is 40.5 Å². The van der Waals surface area contributed by atoms with Gasteiger partial charge in [0.05, 0.1) is 0 Å². The van der Waals surface area contributed by atoms with E-state index in [4.69, 9.17) is 9.94 Å². The van der Waals surface area contributed by atoms with Crippen molar-refractivity contribution in [3.63, 3.8) is 0 Å². The second kappa shape index (κ2) is 2.98. The first-order chi connectivity index (χ1) is 5.40. The minimum absolute atomic E-state index is 0.0478. The molecular weight excluding hydrogens is 154 g/mol. The van der Waals surface area contributed by atoms with Gasteiger partial charge in [-0.1, -0.05) is 0 Å². The van der Waals surface area contributed by atoms with E-state index >= 15 is 0 Å². The summed E-state index contributed by atoms with van der Waals surface area (Å²) in [6, 6.07) is 0. The molecule has 1 heterocycles. The Bertz CT molecular complexity index is 150. The molecule has 0 saturated carbocycles. The van der Waals surface area contributed by atoms with Crippen LogP contribution in [0.3, 0.4) is 0 Å². The average Bonchev–Trinajstić information content (AvgIpc) is 2.13. The van der Waals surface area contributed by atoms with Crippen LogP contribution in [0.25, 0.3) is 0 Å². The zero-order chi connectivity index (χ0) is 9.41. The van der Waals surface area contributed by atoms with E-state index in [0.29, 0.717) is 0 Å². The van der Waals surface area contributed by atoms with E-state index in [9.17, 15) is 0 Å². The van der Waals surface area contributed by atoms with Gasteiger partial charge in [0.1, 0.15) is 0 Å². The smallest absolute Gasteiger partial charge is 0.164 e. The summed E-state index contributed by atoms with van der Waals surface area (Å²) in [7, 11) is 0. The Morgan fingerprint density at radius 3 is 1.92 bits per heavy atom. The van der Waals surface area contributed by atoms with Gasteiger partial charge < -0.3 is 5.11 Å². The Balaban J connectivity index is 2.74. The first-order valence-electron chi connectivity index (χ1n) is 4.44. The fraction of sp³-hybridized carbons (Fsp3) is 1.00. The van der Waals surface area contributed by atoms with Crippen molar-refractivity contribution >= 4 is 0 Å². The van der Waals surface area contributed by atoms with E-state index in [1.165, 1.54) is 0 Å². The van der Waals surface area contributed by atoms with Crippen LogP contribution in [0.1, 0.15) is 40.5 Å². The van der Waals surface area contributed by atoms with Crippen LogP contribution in [0.2, 0.25) is 0 Å². The molecule has 0 atom stereocenters. The molecule has 0 aromatic carbocycles. The van der Waals surface area contributed by atoms with Gasteiger partial charge in [-0.3, -0.25) is 4.84 Å². The normalized spacial score (nSPS) is 27.8. The molecule has 0 unspecified atom stereocenters. The molecule has 1 saturated heterocycles. The molecule has 0 spiro atoms. The van der Waals surface area contributed by atoms with Crippen LogP contribution >= 0.6 is 0 Å². The molecule has 72 valence electrons. The maximum atomic E-state index is 8.73. The summed E-state index contributed by atoms with van der Waals surface area (Å²) >= 11 is 0. The van der Waals surface area contributed by atoms with Crippen LogP contribution in [0.15, 0.2) is 0 Å². The van der Waals surface area contributed by atoms with Crippen molar-refractivity contribution in [3.05, 3.63) is 0 Å². The van der Waals surface area contributed by atoms with Crippen molar-refractivity contribution in [2.45, 2.75) is 51.6 Å². The maximum absolute atomic E-state index is 8.73. The van der Waals surface area contributed by atoms with Gasteiger partial charge in [0.25, 0.3) is 0 Å². The van der Waals surface area contributed by atoms with Gasteiger partial charge in [-0.2, -0.15) is 5.06 Å². The molecule has 3 nitrogen and oxygen atoms in total. The molecular formula is C9H19NO2. The number of hydrogen-bond acceptors (Lipinski definition) is 3. The Kier molecular flexibility index (Phi) is 2.47. The lowest BCUT2D eigenvalue weighted by atomic mass is 10.0. The highest BCUT2D eigenvalue weighted by atomic mass is 16.7. The molecule has 1 N–H and O–H groups in total. The Labute approximate surface area is 74.3 Å². The van der Waals surface area contributed by atoms with Crippen LogP contribution < -0.4 is 0 Å². The summed E-state index contributed by atoms with van der Waals surface area (Å²) in [6.07, 6.45) is 2.22. The second-order valence-corrected chi connectivity index (χ2v) is 4.68. The van der Waals surface area contributed by atoms with Crippen molar-refractivity contribution in [1.29, 1.82) is 0 Å². The molecule has 0 bridgehead atoms. The first kappa shape index (κ1) is 9.96. The summed E-state index contributed by atoms with van der Waals surface area (Å²) in [5.74, 6) is 0. The van der Waals surface area contributed by atoms with Crippen LogP contribution in [-0.4, -0.2) is 28.0 Å². The van der Waals surface area contributed by atoms with E-state index in [2.05, 4.69) is 27.7 Å². The molecule has 1 rings (SSSR count). The van der Waals surface area contributed by atoms with Gasteiger partial charge >= 0.3 is 0 Å². The predicted molar refractivity (Wildman–Crippen MR) is 47.4 cm³/mol. The second-order valence-electron chi connectivity index (χ2n) is 4.68. The van der Waals surface area contributed by atoms with Crippen LogP contribution in [-0.2, 0) is 4.84 Å². The molecule has 0 aromatic rings. The first-order valence-corrected chi connectivity index (χ1v) is 4.44. The Hall–Kier alpha value is -0.120. The maximum Gasteiger partial charge on any atom is 0.164 e. The van der Waals surface area contributed by atoms with Gasteiger partial charge in [0.2, 0.25) is 0 Å². The van der Waals surface area contributed by atoms with Crippen molar-refractivity contribution in [3.8, 4) is 0 Å². The quantitative estimate of drug-likeness (QED) is 0.643. The zero-order valence-electron chi connectivity index (χ0n) is 8.42. The number of aliphatic hydroxyl groups excluding tert-OH is 1. The summed E-state index contributed by atoms with van der Waals surface area (Å²) in [4.78, 5) is 5.22. The van der Waals surface area contributed by atoms with E-state index < -0.39 is 0 Å². The number of hydroxylamine groups is 2. The molecule has 0 amide bonds. The Morgan fingerprint density at radius 1 is 1.17 bits per heavy atom. The van der Waals surface area contributed by atoms with Crippen molar-refractivity contribution < 1.29 is 9.94 Å². The van der Waals surface area contributed by atoms with E-state index in [1.54, 1.807) is 0 Å². The molecule has 0 aromatic heterocycles. The minimum Gasteiger partial charge on any atom is -0.369 e. The summed E-state index contributed by atoms with van der Waals surface area (Å²) in [5.41, 5.74) is 0.0957. The Morgan fingerprint density at radius 2 is 1.58 bits per heavy atom. The summed E-state index contributed by atoms with van der Waals surface area (Å²) in [6.45, 7) is 8.32. The summed E-state index contributed by atoms with van der Waals surface area (Å²) in [5, 5.41) is 10.6. The van der Waals surface area contributed by atoms with Crippen LogP contribution in [0, 0.1) is 0 Å². The third kappa shape index (κ3) is 1.63. The van der Waals surface area contributed by atoms with Crippen molar-refractivity contribution in [1.82, 2.24) is 5.06 Å². The third-order valence-electron chi connectivity index (χ3n) is 2.64. The lowest BCUT2D eigenvalue weighted by Gasteiger charge is -2.38. The topological polar surface area (TPSA) is 32.7 Å². The van der Waals surface area contributed by atoms with E-state index in [1.807, 2.05) is 5.06 Å². The molecule has 1 aliphatic rings. The highest BCUT2D eigenvalue weighted by molar-refractivity contribution is 4.96. The molecule has 12 heavy (non-hydrogen) atoms. The van der Waals surface area contributed by atoms with Crippen LogP contribution in [0.4, 0.5) is 0 Å². The molecule has 1 fully saturated rings. The largest absolute Gasteiger partial charge is 0.369 e. The fourth-order valence-electron chi connectivity index (χ4n) is 2.04.